The second kappa shape index (κ2) is 8.59. The first-order chi connectivity index (χ1) is 11.6. The van der Waals surface area contributed by atoms with Gasteiger partial charge in [0.1, 0.15) is 5.82 Å². The summed E-state index contributed by atoms with van der Waals surface area (Å²) in [7, 11) is 1.29. The summed E-state index contributed by atoms with van der Waals surface area (Å²) in [6.07, 6.45) is 4.43. The minimum atomic E-state index is -0.620. The monoisotopic (exact) mass is 335 g/mol. The van der Waals surface area contributed by atoms with Crippen LogP contribution >= 0.6 is 0 Å². The van der Waals surface area contributed by atoms with E-state index in [1.165, 1.54) is 25.3 Å². The molecule has 1 N–H and O–H groups in total. The zero-order valence-corrected chi connectivity index (χ0v) is 13.7. The predicted octanol–water partition coefficient (Wildman–Crippen LogP) is 2.01. The van der Waals surface area contributed by atoms with Crippen LogP contribution in [0.5, 0.6) is 0 Å². The molecule has 0 saturated carbocycles. The molecule has 1 aromatic carbocycles. The van der Waals surface area contributed by atoms with E-state index in [4.69, 9.17) is 4.74 Å². The zero-order chi connectivity index (χ0) is 17.4. The van der Waals surface area contributed by atoms with Crippen LogP contribution in [0.3, 0.4) is 0 Å². The van der Waals surface area contributed by atoms with Crippen LogP contribution in [0.4, 0.5) is 4.39 Å². The molecule has 24 heavy (non-hydrogen) atoms. The summed E-state index contributed by atoms with van der Waals surface area (Å²) < 4.78 is 23.3. The van der Waals surface area contributed by atoms with Crippen molar-refractivity contribution in [1.82, 2.24) is 5.32 Å². The number of benzene rings is 1. The molecule has 0 aromatic heterocycles. The molecule has 130 valence electrons. The molecule has 1 heterocycles. The number of halogens is 1. The first kappa shape index (κ1) is 18.1. The number of amides is 1. The number of ether oxygens (including phenoxy) is 2. The molecule has 1 aromatic rings. The van der Waals surface area contributed by atoms with Gasteiger partial charge in [-0.2, -0.15) is 0 Å². The van der Waals surface area contributed by atoms with Gasteiger partial charge in [0, 0.05) is 25.8 Å². The van der Waals surface area contributed by atoms with E-state index in [2.05, 4.69) is 10.1 Å². The van der Waals surface area contributed by atoms with Gasteiger partial charge in [-0.1, -0.05) is 18.2 Å². The maximum atomic E-state index is 13.4. The number of nitrogens with one attached hydrogen (secondary N) is 1. The van der Waals surface area contributed by atoms with Gasteiger partial charge in [0.25, 0.3) is 0 Å². The Morgan fingerprint density at radius 3 is 2.79 bits per heavy atom. The average Bonchev–Trinajstić information content (AvgIpc) is 2.59. The Morgan fingerprint density at radius 2 is 2.12 bits per heavy atom. The van der Waals surface area contributed by atoms with E-state index in [1.807, 2.05) is 6.07 Å². The molecule has 1 saturated heterocycles. The molecule has 0 aliphatic carbocycles. The van der Waals surface area contributed by atoms with Crippen molar-refractivity contribution in [2.75, 3.05) is 26.9 Å². The molecule has 0 radical (unpaired) electrons. The lowest BCUT2D eigenvalue weighted by Gasteiger charge is -2.35. The smallest absolute Gasteiger partial charge is 0.330 e. The number of methoxy groups -OCH3 is 1. The van der Waals surface area contributed by atoms with Crippen molar-refractivity contribution in [3.05, 3.63) is 47.8 Å². The molecule has 2 rings (SSSR count). The summed E-state index contributed by atoms with van der Waals surface area (Å²) in [6.45, 7) is 1.24. The summed E-state index contributed by atoms with van der Waals surface area (Å²) in [5.74, 6) is -0.884. The fourth-order valence-electron chi connectivity index (χ4n) is 2.85. The van der Waals surface area contributed by atoms with E-state index in [1.54, 1.807) is 12.1 Å². The quantitative estimate of drug-likeness (QED) is 0.638. The Labute approximate surface area is 140 Å². The molecule has 1 aliphatic heterocycles. The first-order valence-corrected chi connectivity index (χ1v) is 7.91. The van der Waals surface area contributed by atoms with Gasteiger partial charge in [-0.05, 0) is 37.0 Å². The minimum Gasteiger partial charge on any atom is -0.466 e. The third-order valence-electron chi connectivity index (χ3n) is 4.20. The van der Waals surface area contributed by atoms with Gasteiger partial charge in [0.15, 0.2) is 0 Å². The summed E-state index contributed by atoms with van der Waals surface area (Å²) in [6, 6.07) is 6.32. The van der Waals surface area contributed by atoms with Crippen LogP contribution in [-0.4, -0.2) is 38.7 Å². The van der Waals surface area contributed by atoms with Crippen LogP contribution in [0.15, 0.2) is 36.4 Å². The number of hydrogen-bond acceptors (Lipinski definition) is 4. The molecule has 1 amide bonds. The molecule has 0 bridgehead atoms. The zero-order valence-electron chi connectivity index (χ0n) is 13.7. The Bertz CT molecular complexity index is 609. The maximum Gasteiger partial charge on any atom is 0.330 e. The molecule has 0 atom stereocenters. The van der Waals surface area contributed by atoms with Gasteiger partial charge in [0.2, 0.25) is 5.91 Å². The van der Waals surface area contributed by atoms with Crippen LogP contribution in [0.25, 0.3) is 0 Å². The van der Waals surface area contributed by atoms with Gasteiger partial charge >= 0.3 is 5.97 Å². The van der Waals surface area contributed by atoms with Crippen molar-refractivity contribution in [2.45, 2.75) is 19.3 Å². The largest absolute Gasteiger partial charge is 0.466 e. The average molecular weight is 335 g/mol. The molecule has 0 spiro atoms. The number of carbonyl (C=O) groups excluding carboxylic acids is 2. The predicted molar refractivity (Wildman–Crippen MR) is 86.8 cm³/mol. The van der Waals surface area contributed by atoms with Gasteiger partial charge in [-0.25, -0.2) is 9.18 Å². The fraction of sp³-hybridized carbons (Fsp3) is 0.444. The van der Waals surface area contributed by atoms with Gasteiger partial charge in [0.05, 0.1) is 12.5 Å². The van der Waals surface area contributed by atoms with Crippen LogP contribution in [-0.2, 0) is 25.5 Å². The van der Waals surface area contributed by atoms with Crippen LogP contribution in [0.2, 0.25) is 0 Å². The van der Waals surface area contributed by atoms with Crippen molar-refractivity contribution in [1.29, 1.82) is 0 Å². The van der Waals surface area contributed by atoms with Crippen molar-refractivity contribution >= 4 is 11.9 Å². The summed E-state index contributed by atoms with van der Waals surface area (Å²) in [4.78, 5) is 23.7. The highest BCUT2D eigenvalue weighted by atomic mass is 19.1. The normalized spacial score (nSPS) is 16.8. The second-order valence-electron chi connectivity index (χ2n) is 5.83. The van der Waals surface area contributed by atoms with E-state index in [9.17, 15) is 14.0 Å². The summed E-state index contributed by atoms with van der Waals surface area (Å²) in [5, 5.41) is 2.82. The third kappa shape index (κ3) is 4.89. The molecule has 5 nitrogen and oxygen atoms in total. The van der Waals surface area contributed by atoms with Crippen molar-refractivity contribution in [3.63, 3.8) is 0 Å². The second-order valence-corrected chi connectivity index (χ2v) is 5.83. The van der Waals surface area contributed by atoms with Crippen molar-refractivity contribution in [2.24, 2.45) is 5.41 Å². The van der Waals surface area contributed by atoms with Crippen molar-refractivity contribution in [3.8, 4) is 0 Å². The number of hydrogen-bond donors (Lipinski definition) is 1. The topological polar surface area (TPSA) is 64.6 Å². The molecule has 1 fully saturated rings. The van der Waals surface area contributed by atoms with Gasteiger partial charge in [-0.15, -0.1) is 0 Å². The van der Waals surface area contributed by atoms with Crippen LogP contribution in [0, 0.1) is 11.2 Å². The van der Waals surface area contributed by atoms with Crippen LogP contribution < -0.4 is 5.32 Å². The molecule has 0 unspecified atom stereocenters. The Hall–Kier alpha value is -2.21. The van der Waals surface area contributed by atoms with E-state index >= 15 is 0 Å². The third-order valence-corrected chi connectivity index (χ3v) is 4.20. The van der Waals surface area contributed by atoms with E-state index < -0.39 is 11.4 Å². The lowest BCUT2D eigenvalue weighted by Crippen LogP contribution is -2.46. The summed E-state index contributed by atoms with van der Waals surface area (Å²) in [5.41, 5.74) is 0.169. The maximum absolute atomic E-state index is 13.4. The van der Waals surface area contributed by atoms with Gasteiger partial charge in [-0.3, -0.25) is 4.79 Å². The molecule has 6 heteroatoms. The Morgan fingerprint density at radius 1 is 1.38 bits per heavy atom. The fourth-order valence-corrected chi connectivity index (χ4v) is 2.85. The summed E-state index contributed by atoms with van der Waals surface area (Å²) >= 11 is 0. The Kier molecular flexibility index (Phi) is 6.49. The minimum absolute atomic E-state index is 0.107. The van der Waals surface area contributed by atoms with Crippen LogP contribution in [0.1, 0.15) is 18.4 Å². The SMILES string of the molecule is COC(=O)/C=C/CNC(=O)C1(Cc2cccc(F)c2)CCOCC1. The lowest BCUT2D eigenvalue weighted by molar-refractivity contribution is -0.137. The Balaban J connectivity index is 2.05. The number of rotatable bonds is 6. The highest BCUT2D eigenvalue weighted by Crippen LogP contribution is 2.34. The highest BCUT2D eigenvalue weighted by Gasteiger charge is 2.39. The van der Waals surface area contributed by atoms with E-state index in [0.29, 0.717) is 32.5 Å². The van der Waals surface area contributed by atoms with E-state index in [-0.39, 0.29) is 18.3 Å². The lowest BCUT2D eigenvalue weighted by atomic mass is 9.74. The molecule has 1 aliphatic rings. The molecular weight excluding hydrogens is 313 g/mol. The number of esters is 1. The van der Waals surface area contributed by atoms with Crippen molar-refractivity contribution < 1.29 is 23.5 Å². The van der Waals surface area contributed by atoms with Gasteiger partial charge < -0.3 is 14.8 Å². The standard InChI is InChI=1S/C18H22FNO4/c1-23-16(21)6-3-9-20-17(22)18(7-10-24-11-8-18)13-14-4-2-5-15(19)12-14/h2-6,12H,7-11,13H2,1H3,(H,20,22)/b6-3+. The first-order valence-electron chi connectivity index (χ1n) is 7.91. The molecular formula is C18H22FNO4. The van der Waals surface area contributed by atoms with E-state index in [0.717, 1.165) is 5.56 Å². The number of carbonyl (C=O) groups is 2. The highest BCUT2D eigenvalue weighted by molar-refractivity contribution is 5.84.